The molecule has 1 amide bonds. The first kappa shape index (κ1) is 23.2. The Balaban J connectivity index is 1.17. The van der Waals surface area contributed by atoms with Gasteiger partial charge in [0.05, 0.1) is 13.2 Å². The Bertz CT molecular complexity index is 1130. The molecule has 6 nitrogen and oxygen atoms in total. The molecule has 0 saturated carbocycles. The molecule has 2 heterocycles. The van der Waals surface area contributed by atoms with Crippen LogP contribution in [0, 0.1) is 0 Å². The fourth-order valence-electron chi connectivity index (χ4n) is 5.11. The van der Waals surface area contributed by atoms with Gasteiger partial charge in [0.1, 0.15) is 12.4 Å². The van der Waals surface area contributed by atoms with Crippen molar-refractivity contribution >= 4 is 6.09 Å². The van der Waals surface area contributed by atoms with Crippen LogP contribution in [0.3, 0.4) is 0 Å². The molecular formula is C29H32N2O4. The highest BCUT2D eigenvalue weighted by atomic mass is 16.6. The molecule has 0 aliphatic carbocycles. The molecule has 0 bridgehead atoms. The number of likely N-dealkylation sites (tertiary alicyclic amines) is 1. The second-order valence-electron chi connectivity index (χ2n) is 9.24. The third-order valence-electron chi connectivity index (χ3n) is 6.87. The predicted molar refractivity (Wildman–Crippen MR) is 135 cm³/mol. The van der Waals surface area contributed by atoms with E-state index in [1.54, 1.807) is 7.11 Å². The third kappa shape index (κ3) is 5.60. The van der Waals surface area contributed by atoms with E-state index in [-0.39, 0.29) is 18.2 Å². The summed E-state index contributed by atoms with van der Waals surface area (Å²) in [6.07, 6.45) is 2.59. The van der Waals surface area contributed by atoms with Crippen LogP contribution in [0.15, 0.2) is 78.9 Å². The van der Waals surface area contributed by atoms with Crippen LogP contribution in [0.4, 0.5) is 4.79 Å². The maximum atomic E-state index is 12.5. The summed E-state index contributed by atoms with van der Waals surface area (Å²) < 4.78 is 16.9. The fraction of sp³-hybridized carbons (Fsp3) is 0.345. The van der Waals surface area contributed by atoms with Crippen molar-refractivity contribution in [3.05, 3.63) is 90.0 Å². The van der Waals surface area contributed by atoms with Crippen LogP contribution in [0.5, 0.6) is 17.2 Å². The van der Waals surface area contributed by atoms with Crippen molar-refractivity contribution in [2.75, 3.05) is 26.8 Å². The van der Waals surface area contributed by atoms with Crippen molar-refractivity contribution in [3.63, 3.8) is 0 Å². The minimum absolute atomic E-state index is 0.116. The number of cyclic esters (lactones) is 1. The lowest BCUT2D eigenvalue weighted by Crippen LogP contribution is -2.48. The molecule has 35 heavy (non-hydrogen) atoms. The zero-order valence-electron chi connectivity index (χ0n) is 20.1. The largest absolute Gasteiger partial charge is 0.493 e. The number of piperidine rings is 1. The number of rotatable bonds is 8. The summed E-state index contributed by atoms with van der Waals surface area (Å²) in [6.45, 7) is 3.23. The highest BCUT2D eigenvalue weighted by Gasteiger charge is 2.39. The Hall–Kier alpha value is -3.51. The Morgan fingerprint density at radius 1 is 0.886 bits per heavy atom. The topological polar surface area (TPSA) is 51.2 Å². The molecule has 6 heteroatoms. The van der Waals surface area contributed by atoms with Crippen LogP contribution in [0.2, 0.25) is 0 Å². The van der Waals surface area contributed by atoms with Crippen LogP contribution < -0.4 is 9.47 Å². The third-order valence-corrected chi connectivity index (χ3v) is 6.87. The highest BCUT2D eigenvalue weighted by molar-refractivity contribution is 5.70. The van der Waals surface area contributed by atoms with E-state index in [4.69, 9.17) is 14.2 Å². The summed E-state index contributed by atoms with van der Waals surface area (Å²) in [5.74, 6) is 2.21. The van der Waals surface area contributed by atoms with Gasteiger partial charge in [-0.2, -0.15) is 0 Å². The second kappa shape index (κ2) is 10.8. The Labute approximate surface area is 207 Å². The summed E-state index contributed by atoms with van der Waals surface area (Å²) in [5, 5.41) is 0. The zero-order valence-corrected chi connectivity index (χ0v) is 20.1. The number of hydrogen-bond acceptors (Lipinski definition) is 5. The number of benzene rings is 3. The predicted octanol–water partition coefficient (Wildman–Crippen LogP) is 5.52. The maximum Gasteiger partial charge on any atom is 0.410 e. The van der Waals surface area contributed by atoms with Gasteiger partial charge in [-0.3, -0.25) is 9.80 Å². The Kier molecular flexibility index (Phi) is 7.19. The van der Waals surface area contributed by atoms with Gasteiger partial charge >= 0.3 is 6.09 Å². The molecule has 182 valence electrons. The van der Waals surface area contributed by atoms with Gasteiger partial charge in [-0.1, -0.05) is 54.6 Å². The molecule has 1 unspecified atom stereocenters. The number of carbonyl (C=O) groups is 1. The first-order valence-electron chi connectivity index (χ1n) is 12.3. The summed E-state index contributed by atoms with van der Waals surface area (Å²) in [4.78, 5) is 17.0. The molecule has 0 spiro atoms. The second-order valence-corrected chi connectivity index (χ2v) is 9.24. The number of methoxy groups -OCH3 is 1. The molecule has 3 aromatic carbocycles. The number of ether oxygens (including phenoxy) is 3. The maximum absolute atomic E-state index is 12.5. The monoisotopic (exact) mass is 472 g/mol. The molecular weight excluding hydrogens is 440 g/mol. The zero-order chi connectivity index (χ0) is 24.0. The van der Waals surface area contributed by atoms with Gasteiger partial charge < -0.3 is 14.2 Å². The van der Waals surface area contributed by atoms with E-state index < -0.39 is 0 Å². The minimum Gasteiger partial charge on any atom is -0.493 e. The summed E-state index contributed by atoms with van der Waals surface area (Å²) in [7, 11) is 1.65. The summed E-state index contributed by atoms with van der Waals surface area (Å²) in [6, 6.07) is 26.6. The van der Waals surface area contributed by atoms with E-state index in [0.717, 1.165) is 44.6 Å². The van der Waals surface area contributed by atoms with Gasteiger partial charge in [0.2, 0.25) is 0 Å². The van der Waals surface area contributed by atoms with Gasteiger partial charge in [0, 0.05) is 25.7 Å². The van der Waals surface area contributed by atoms with Crippen LogP contribution >= 0.6 is 0 Å². The fourth-order valence-corrected chi connectivity index (χ4v) is 5.11. The number of carbonyl (C=O) groups excluding carboxylic acids is 1. The molecule has 2 fully saturated rings. The van der Waals surface area contributed by atoms with E-state index >= 15 is 0 Å². The highest BCUT2D eigenvalue weighted by Crippen LogP contribution is 2.32. The summed E-state index contributed by atoms with van der Waals surface area (Å²) in [5.41, 5.74) is 2.45. The molecule has 2 aliphatic heterocycles. The smallest absolute Gasteiger partial charge is 0.410 e. The number of amides is 1. The van der Waals surface area contributed by atoms with E-state index in [2.05, 4.69) is 29.2 Å². The molecule has 2 saturated heterocycles. The average Bonchev–Trinajstić information content (AvgIpc) is 3.25. The number of hydrogen-bond donors (Lipinski definition) is 0. The van der Waals surface area contributed by atoms with Crippen molar-refractivity contribution in [2.24, 2.45) is 0 Å². The van der Waals surface area contributed by atoms with Gasteiger partial charge in [0.15, 0.2) is 11.5 Å². The van der Waals surface area contributed by atoms with E-state index in [1.165, 1.54) is 11.1 Å². The van der Waals surface area contributed by atoms with Crippen molar-refractivity contribution in [2.45, 2.75) is 37.9 Å². The first-order chi connectivity index (χ1) is 17.2. The quantitative estimate of drug-likeness (QED) is 0.432. The minimum atomic E-state index is -0.162. The Morgan fingerprint density at radius 2 is 1.60 bits per heavy atom. The standard InChI is InChI=1S/C29H32N2O4/c1-33-27-12-5-6-13-28(27)35-26-11-7-10-23(19-26)20-30-16-14-24(15-17-30)31-25(21-34-29(31)32)18-22-8-3-2-4-9-22/h2-13,19,24-25H,14-18,20-21H2,1H3. The van der Waals surface area contributed by atoms with Crippen LogP contribution in [0.1, 0.15) is 24.0 Å². The van der Waals surface area contributed by atoms with Crippen molar-refractivity contribution < 1.29 is 19.0 Å². The lowest BCUT2D eigenvalue weighted by Gasteiger charge is -2.38. The number of nitrogens with zero attached hydrogens (tertiary/aromatic N) is 2. The molecule has 2 aliphatic rings. The van der Waals surface area contributed by atoms with E-state index in [1.807, 2.05) is 59.5 Å². The van der Waals surface area contributed by atoms with Gasteiger partial charge in [-0.15, -0.1) is 0 Å². The van der Waals surface area contributed by atoms with Crippen molar-refractivity contribution in [3.8, 4) is 17.2 Å². The van der Waals surface area contributed by atoms with Crippen molar-refractivity contribution in [1.82, 2.24) is 9.80 Å². The lowest BCUT2D eigenvalue weighted by molar-refractivity contribution is 0.104. The van der Waals surface area contributed by atoms with Crippen LogP contribution in [-0.2, 0) is 17.7 Å². The van der Waals surface area contributed by atoms with Crippen LogP contribution in [-0.4, -0.2) is 54.8 Å². The van der Waals surface area contributed by atoms with Gasteiger partial charge in [-0.05, 0) is 54.7 Å². The molecule has 5 rings (SSSR count). The SMILES string of the molecule is COc1ccccc1Oc1cccc(CN2CCC(N3C(=O)OCC3Cc3ccccc3)CC2)c1. The van der Waals surface area contributed by atoms with Crippen LogP contribution in [0.25, 0.3) is 0 Å². The van der Waals surface area contributed by atoms with Crippen molar-refractivity contribution in [1.29, 1.82) is 0 Å². The first-order valence-corrected chi connectivity index (χ1v) is 12.3. The van der Waals surface area contributed by atoms with E-state index in [0.29, 0.717) is 18.1 Å². The summed E-state index contributed by atoms with van der Waals surface area (Å²) >= 11 is 0. The van der Waals surface area contributed by atoms with E-state index in [9.17, 15) is 4.79 Å². The number of para-hydroxylation sites is 2. The average molecular weight is 473 g/mol. The molecule has 0 N–H and O–H groups in total. The molecule has 1 atom stereocenters. The molecule has 0 radical (unpaired) electrons. The molecule has 3 aromatic rings. The Morgan fingerprint density at radius 3 is 2.37 bits per heavy atom. The molecule has 0 aromatic heterocycles. The van der Waals surface area contributed by atoms with Gasteiger partial charge in [0.25, 0.3) is 0 Å². The normalized spacial score (nSPS) is 18.9. The lowest BCUT2D eigenvalue weighted by atomic mass is 9.99. The van der Waals surface area contributed by atoms with Gasteiger partial charge in [-0.25, -0.2) is 4.79 Å².